The number of benzene rings is 1. The molecule has 142 valence electrons. The normalized spacial score (nSPS) is 11.3. The minimum Gasteiger partial charge on any atom is -0.353 e. The summed E-state index contributed by atoms with van der Waals surface area (Å²) in [7, 11) is 0. The average Bonchev–Trinajstić information content (AvgIpc) is 3.15. The second kappa shape index (κ2) is 7.09. The molecule has 6 nitrogen and oxygen atoms in total. The molecule has 0 amide bonds. The Morgan fingerprint density at radius 2 is 2.00 bits per heavy atom. The highest BCUT2D eigenvalue weighted by atomic mass is 35.5. The van der Waals surface area contributed by atoms with Crippen LogP contribution in [-0.4, -0.2) is 20.2 Å². The Balaban J connectivity index is 1.86. The number of aromatic nitrogens is 4. The summed E-state index contributed by atoms with van der Waals surface area (Å²) in [5.41, 5.74) is 3.62. The summed E-state index contributed by atoms with van der Waals surface area (Å²) < 4.78 is 13.5. The van der Waals surface area contributed by atoms with Crippen molar-refractivity contribution in [3.63, 3.8) is 0 Å². The van der Waals surface area contributed by atoms with E-state index in [1.807, 2.05) is 19.9 Å². The third-order valence-electron chi connectivity index (χ3n) is 4.50. The van der Waals surface area contributed by atoms with Gasteiger partial charge >= 0.3 is 0 Å². The van der Waals surface area contributed by atoms with Crippen LogP contribution in [0.5, 0.6) is 0 Å². The lowest BCUT2D eigenvalue weighted by atomic mass is 10.0. The third-order valence-corrected chi connectivity index (χ3v) is 4.79. The number of anilines is 2. The summed E-state index contributed by atoms with van der Waals surface area (Å²) in [5, 5.41) is 11.0. The number of hydrogen-bond donors (Lipinski definition) is 3. The van der Waals surface area contributed by atoms with Crippen molar-refractivity contribution < 1.29 is 4.39 Å². The van der Waals surface area contributed by atoms with Gasteiger partial charge in [0.05, 0.1) is 28.0 Å². The second-order valence-corrected chi connectivity index (χ2v) is 7.15. The van der Waals surface area contributed by atoms with Crippen LogP contribution in [-0.2, 0) is 0 Å². The van der Waals surface area contributed by atoms with Gasteiger partial charge in [-0.3, -0.25) is 9.89 Å². The van der Waals surface area contributed by atoms with Crippen LogP contribution in [0.3, 0.4) is 0 Å². The van der Waals surface area contributed by atoms with Gasteiger partial charge in [-0.25, -0.2) is 9.37 Å². The zero-order valence-corrected chi connectivity index (χ0v) is 15.9. The molecule has 0 bridgehead atoms. The van der Waals surface area contributed by atoms with Gasteiger partial charge in [0.15, 0.2) is 5.65 Å². The Kier molecular flexibility index (Phi) is 4.60. The van der Waals surface area contributed by atoms with E-state index in [0.717, 1.165) is 22.5 Å². The first-order valence-corrected chi connectivity index (χ1v) is 9.09. The van der Waals surface area contributed by atoms with Crippen molar-refractivity contribution in [2.45, 2.75) is 19.8 Å². The molecular formula is C20H17ClFN5O. The van der Waals surface area contributed by atoms with Gasteiger partial charge in [0, 0.05) is 17.5 Å². The third kappa shape index (κ3) is 3.25. The highest BCUT2D eigenvalue weighted by Gasteiger charge is 2.15. The van der Waals surface area contributed by atoms with Crippen LogP contribution in [0.4, 0.5) is 15.8 Å². The molecule has 8 heteroatoms. The standard InChI is InChI=1S/C20H17ClFN5O/c1-10(2)18-17(25-16-5-6-23-19-13(16)9-24-27-19)8-12(20(28)26-18)11-3-4-15(22)14(21)7-11/h3-10H,1-2H3,(H,26,28)(H2,23,24,25,27). The van der Waals surface area contributed by atoms with Gasteiger partial charge < -0.3 is 10.3 Å². The van der Waals surface area contributed by atoms with E-state index in [0.29, 0.717) is 16.8 Å². The smallest absolute Gasteiger partial charge is 0.256 e. The fourth-order valence-corrected chi connectivity index (χ4v) is 3.27. The highest BCUT2D eigenvalue weighted by molar-refractivity contribution is 6.31. The molecule has 0 saturated heterocycles. The number of nitrogens with zero attached hydrogens (tertiary/aromatic N) is 2. The zero-order valence-electron chi connectivity index (χ0n) is 15.2. The molecule has 0 radical (unpaired) electrons. The Hall–Kier alpha value is -3.19. The number of aromatic amines is 2. The quantitative estimate of drug-likeness (QED) is 0.453. The number of rotatable bonds is 4. The minimum absolute atomic E-state index is 0.0337. The van der Waals surface area contributed by atoms with Gasteiger partial charge in [-0.15, -0.1) is 0 Å². The molecule has 4 aromatic rings. The van der Waals surface area contributed by atoms with E-state index in [2.05, 4.69) is 25.5 Å². The van der Waals surface area contributed by atoms with E-state index >= 15 is 0 Å². The van der Waals surface area contributed by atoms with Crippen molar-refractivity contribution in [3.05, 3.63) is 69.6 Å². The van der Waals surface area contributed by atoms with Crippen molar-refractivity contribution in [1.82, 2.24) is 20.2 Å². The van der Waals surface area contributed by atoms with Crippen LogP contribution < -0.4 is 10.9 Å². The first-order chi connectivity index (χ1) is 13.4. The predicted molar refractivity (Wildman–Crippen MR) is 109 cm³/mol. The maximum absolute atomic E-state index is 13.5. The zero-order chi connectivity index (χ0) is 19.8. The fraction of sp³-hybridized carbons (Fsp3) is 0.150. The molecule has 0 aliphatic rings. The number of H-pyrrole nitrogens is 2. The van der Waals surface area contributed by atoms with Crippen molar-refractivity contribution in [2.24, 2.45) is 0 Å². The van der Waals surface area contributed by atoms with Crippen LogP contribution in [0.1, 0.15) is 25.5 Å². The number of hydrogen-bond acceptors (Lipinski definition) is 4. The van der Waals surface area contributed by atoms with Gasteiger partial charge in [0.25, 0.3) is 5.56 Å². The molecule has 0 fully saturated rings. The van der Waals surface area contributed by atoms with E-state index in [4.69, 9.17) is 11.6 Å². The van der Waals surface area contributed by atoms with Crippen molar-refractivity contribution >= 4 is 34.0 Å². The van der Waals surface area contributed by atoms with Crippen molar-refractivity contribution in [3.8, 4) is 11.1 Å². The second-order valence-electron chi connectivity index (χ2n) is 6.74. The lowest BCUT2D eigenvalue weighted by molar-refractivity contribution is 0.628. The lowest BCUT2D eigenvalue weighted by Crippen LogP contribution is -2.15. The first-order valence-electron chi connectivity index (χ1n) is 8.72. The van der Waals surface area contributed by atoms with E-state index in [1.54, 1.807) is 18.5 Å². The SMILES string of the molecule is CC(C)c1[nH]c(=O)c(-c2ccc(F)c(Cl)c2)cc1Nc1ccnc2[nH]ncc12. The lowest BCUT2D eigenvalue weighted by Gasteiger charge is -2.16. The van der Waals surface area contributed by atoms with Crippen molar-refractivity contribution in [2.75, 3.05) is 5.32 Å². The number of halogens is 2. The Labute approximate surface area is 164 Å². The Morgan fingerprint density at radius 1 is 1.18 bits per heavy atom. The van der Waals surface area contributed by atoms with E-state index in [1.165, 1.54) is 18.2 Å². The fourth-order valence-electron chi connectivity index (χ4n) is 3.09. The highest BCUT2D eigenvalue weighted by Crippen LogP contribution is 2.31. The van der Waals surface area contributed by atoms with Gasteiger partial charge in [-0.1, -0.05) is 31.5 Å². The van der Waals surface area contributed by atoms with E-state index in [9.17, 15) is 9.18 Å². The number of nitrogens with one attached hydrogen (secondary N) is 3. The summed E-state index contributed by atoms with van der Waals surface area (Å²) >= 11 is 5.90. The Morgan fingerprint density at radius 3 is 2.75 bits per heavy atom. The minimum atomic E-state index is -0.530. The first kappa shape index (κ1) is 18.2. The molecule has 1 aromatic carbocycles. The van der Waals surface area contributed by atoms with Gasteiger partial charge in [0.2, 0.25) is 0 Å². The van der Waals surface area contributed by atoms with Gasteiger partial charge in [-0.05, 0) is 35.7 Å². The molecule has 4 rings (SSSR count). The van der Waals surface area contributed by atoms with Crippen LogP contribution in [0.25, 0.3) is 22.2 Å². The van der Waals surface area contributed by atoms with Crippen LogP contribution in [0.2, 0.25) is 5.02 Å². The van der Waals surface area contributed by atoms with Crippen LogP contribution in [0, 0.1) is 5.82 Å². The molecular weight excluding hydrogens is 381 g/mol. The summed E-state index contributed by atoms with van der Waals surface area (Å²) in [6.07, 6.45) is 3.36. The summed E-state index contributed by atoms with van der Waals surface area (Å²) in [4.78, 5) is 19.8. The molecule has 0 unspecified atom stereocenters. The molecule has 0 atom stereocenters. The molecule has 0 spiro atoms. The summed E-state index contributed by atoms with van der Waals surface area (Å²) in [5.74, 6) is -0.458. The molecule has 0 saturated carbocycles. The molecule has 0 aliphatic heterocycles. The van der Waals surface area contributed by atoms with E-state index < -0.39 is 5.82 Å². The Bertz CT molecular complexity index is 1230. The summed E-state index contributed by atoms with van der Waals surface area (Å²) in [6.45, 7) is 3.98. The monoisotopic (exact) mass is 397 g/mol. The maximum Gasteiger partial charge on any atom is 0.256 e. The van der Waals surface area contributed by atoms with Crippen molar-refractivity contribution in [1.29, 1.82) is 0 Å². The van der Waals surface area contributed by atoms with Gasteiger partial charge in [-0.2, -0.15) is 5.10 Å². The topological polar surface area (TPSA) is 86.5 Å². The molecule has 3 aromatic heterocycles. The number of pyridine rings is 2. The number of fused-ring (bicyclic) bond motifs is 1. The molecule has 0 aliphatic carbocycles. The van der Waals surface area contributed by atoms with Crippen LogP contribution in [0.15, 0.2) is 47.5 Å². The van der Waals surface area contributed by atoms with E-state index in [-0.39, 0.29) is 16.5 Å². The molecule has 3 N–H and O–H groups in total. The predicted octanol–water partition coefficient (Wildman–Crippen LogP) is 4.97. The van der Waals surface area contributed by atoms with Gasteiger partial charge in [0.1, 0.15) is 5.82 Å². The molecule has 3 heterocycles. The maximum atomic E-state index is 13.5. The summed E-state index contributed by atoms with van der Waals surface area (Å²) in [6, 6.07) is 7.82. The van der Waals surface area contributed by atoms with Crippen LogP contribution >= 0.6 is 11.6 Å². The molecule has 28 heavy (non-hydrogen) atoms. The largest absolute Gasteiger partial charge is 0.353 e. The average molecular weight is 398 g/mol.